The Balaban J connectivity index is 2.51. The monoisotopic (exact) mass is 319 g/mol. The van der Waals surface area contributed by atoms with Crippen molar-refractivity contribution in [2.45, 2.75) is 0 Å². The van der Waals surface area contributed by atoms with Gasteiger partial charge in [0.1, 0.15) is 11.8 Å². The van der Waals surface area contributed by atoms with E-state index in [-0.39, 0.29) is 17.0 Å². The third kappa shape index (κ3) is 3.57. The molecule has 0 atom stereocenters. The number of non-ortho nitro benzene ring substituents is 1. The number of benzene rings is 2. The normalized spacial score (nSPS) is 10.7. The summed E-state index contributed by atoms with van der Waals surface area (Å²) in [5.41, 5.74) is 0.750. The van der Waals surface area contributed by atoms with Gasteiger partial charge in [0.15, 0.2) is 0 Å². The molecule has 2 aromatic carbocycles. The van der Waals surface area contributed by atoms with Crippen LogP contribution in [-0.4, -0.2) is 13.3 Å². The van der Waals surface area contributed by atoms with Gasteiger partial charge in [-0.3, -0.25) is 10.1 Å². The summed E-state index contributed by atoms with van der Waals surface area (Å²) < 4.78 is 26.4. The Morgan fingerprint density at radius 2 is 1.95 bits per heavy atom. The minimum absolute atomic E-state index is 0.0257. The molecule has 0 saturated carbocycles. The van der Waals surface area contributed by atoms with Gasteiger partial charge >= 0.3 is 10.3 Å². The summed E-state index contributed by atoms with van der Waals surface area (Å²) in [6.07, 6.45) is 0. The van der Waals surface area contributed by atoms with Gasteiger partial charge in [0.2, 0.25) is 0 Å². The van der Waals surface area contributed by atoms with Crippen molar-refractivity contribution in [1.29, 1.82) is 5.26 Å². The third-order valence-corrected chi connectivity index (χ3v) is 3.12. The number of hydrogen-bond acceptors (Lipinski definition) is 6. The Morgan fingerprint density at radius 3 is 2.55 bits per heavy atom. The zero-order chi connectivity index (χ0) is 16.3. The maximum atomic E-state index is 10.9. The second kappa shape index (κ2) is 5.80. The van der Waals surface area contributed by atoms with Crippen LogP contribution in [0.5, 0.6) is 5.75 Å². The molecule has 0 radical (unpaired) electrons. The van der Waals surface area contributed by atoms with Gasteiger partial charge in [-0.1, -0.05) is 12.1 Å². The van der Waals surface area contributed by atoms with E-state index >= 15 is 0 Å². The summed E-state index contributed by atoms with van der Waals surface area (Å²) in [4.78, 5) is 10.1. The van der Waals surface area contributed by atoms with Crippen LogP contribution in [0, 0.1) is 21.4 Å². The summed E-state index contributed by atoms with van der Waals surface area (Å²) >= 11 is 0. The van der Waals surface area contributed by atoms with Gasteiger partial charge in [-0.05, 0) is 23.8 Å². The first kappa shape index (κ1) is 15.4. The van der Waals surface area contributed by atoms with Crippen molar-refractivity contribution in [3.05, 3.63) is 58.1 Å². The first-order valence-corrected chi connectivity index (χ1v) is 7.28. The highest BCUT2D eigenvalue weighted by Crippen LogP contribution is 2.29. The first-order valence-electron chi connectivity index (χ1n) is 5.81. The van der Waals surface area contributed by atoms with E-state index in [1.807, 2.05) is 6.07 Å². The molecular weight excluding hydrogens is 310 g/mol. The predicted molar refractivity (Wildman–Crippen MR) is 77.0 cm³/mol. The van der Waals surface area contributed by atoms with Gasteiger partial charge in [0, 0.05) is 17.7 Å². The summed E-state index contributed by atoms with van der Waals surface area (Å²) in [5, 5.41) is 24.6. The van der Waals surface area contributed by atoms with Gasteiger partial charge in [-0.25, -0.2) is 0 Å². The summed E-state index contributed by atoms with van der Waals surface area (Å²) in [6.45, 7) is 0. The second-order valence-corrected chi connectivity index (χ2v) is 5.36. The smallest absolute Gasteiger partial charge is 0.371 e. The van der Waals surface area contributed by atoms with E-state index in [1.54, 1.807) is 6.07 Å². The predicted octanol–water partition coefficient (Wildman–Crippen LogP) is 1.72. The minimum Gasteiger partial charge on any atom is -0.371 e. The lowest BCUT2D eigenvalue weighted by molar-refractivity contribution is -0.384. The van der Waals surface area contributed by atoms with Crippen LogP contribution in [0.1, 0.15) is 5.56 Å². The number of hydrogen-bond donors (Lipinski definition) is 1. The number of nitrogens with two attached hydrogens (primary N) is 1. The van der Waals surface area contributed by atoms with E-state index in [9.17, 15) is 18.5 Å². The van der Waals surface area contributed by atoms with Gasteiger partial charge in [0.05, 0.1) is 10.5 Å². The van der Waals surface area contributed by atoms with E-state index in [1.165, 1.54) is 30.3 Å². The van der Waals surface area contributed by atoms with Gasteiger partial charge in [-0.15, -0.1) is 0 Å². The molecule has 0 aliphatic heterocycles. The highest BCUT2D eigenvalue weighted by molar-refractivity contribution is 7.84. The Morgan fingerprint density at radius 1 is 1.23 bits per heavy atom. The van der Waals surface area contributed by atoms with Crippen LogP contribution in [0.25, 0.3) is 11.1 Å². The molecule has 8 nitrogen and oxygen atoms in total. The lowest BCUT2D eigenvalue weighted by Gasteiger charge is -2.07. The molecule has 0 aromatic heterocycles. The van der Waals surface area contributed by atoms with E-state index < -0.39 is 15.2 Å². The molecule has 22 heavy (non-hydrogen) atoms. The van der Waals surface area contributed by atoms with Crippen LogP contribution in [0.2, 0.25) is 0 Å². The van der Waals surface area contributed by atoms with E-state index in [2.05, 4.69) is 4.18 Å². The maximum Gasteiger partial charge on any atom is 0.380 e. The standard InChI is InChI=1S/C13H9N3O5S/c14-8-10-6-11(16(17)18)4-5-13(10)9-2-1-3-12(7-9)21-22(15,19)20/h1-7H,(H2,15,19,20). The molecule has 0 unspecified atom stereocenters. The van der Waals surface area contributed by atoms with E-state index in [4.69, 9.17) is 10.4 Å². The Labute approximate surface area is 125 Å². The summed E-state index contributed by atoms with van der Waals surface area (Å²) in [7, 11) is -4.16. The summed E-state index contributed by atoms with van der Waals surface area (Å²) in [5.74, 6) is -0.0257. The van der Waals surface area contributed by atoms with Crippen molar-refractivity contribution >= 4 is 16.0 Å². The lowest BCUT2D eigenvalue weighted by Crippen LogP contribution is -2.18. The molecule has 9 heteroatoms. The molecule has 2 rings (SSSR count). The van der Waals surface area contributed by atoms with Gasteiger partial charge in [-0.2, -0.15) is 18.8 Å². The Bertz CT molecular complexity index is 887. The number of nitro benzene ring substituents is 1. The molecule has 0 saturated heterocycles. The molecule has 0 aliphatic rings. The van der Waals surface area contributed by atoms with Crippen LogP contribution in [0.4, 0.5) is 5.69 Å². The SMILES string of the molecule is N#Cc1cc([N+](=O)[O-])ccc1-c1cccc(OS(N)(=O)=O)c1. The van der Waals surface area contributed by atoms with Crippen LogP contribution < -0.4 is 9.32 Å². The molecule has 0 amide bonds. The van der Waals surface area contributed by atoms with Gasteiger partial charge in [0.25, 0.3) is 5.69 Å². The Hall–Kier alpha value is -2.96. The number of nitrogens with zero attached hydrogens (tertiary/aromatic N) is 2. The van der Waals surface area contributed by atoms with Crippen LogP contribution in [-0.2, 0) is 10.3 Å². The molecular formula is C13H9N3O5S. The highest BCUT2D eigenvalue weighted by atomic mass is 32.2. The lowest BCUT2D eigenvalue weighted by atomic mass is 9.99. The third-order valence-electron chi connectivity index (χ3n) is 2.69. The fraction of sp³-hybridized carbons (Fsp3) is 0. The highest BCUT2D eigenvalue weighted by Gasteiger charge is 2.13. The summed E-state index contributed by atoms with van der Waals surface area (Å²) in [6, 6.07) is 11.5. The van der Waals surface area contributed by atoms with Crippen LogP contribution >= 0.6 is 0 Å². The zero-order valence-corrected chi connectivity index (χ0v) is 11.8. The molecule has 0 bridgehead atoms. The first-order chi connectivity index (χ1) is 10.3. The topological polar surface area (TPSA) is 136 Å². The quantitative estimate of drug-likeness (QED) is 0.673. The van der Waals surface area contributed by atoms with E-state index in [0.717, 1.165) is 6.07 Å². The fourth-order valence-electron chi connectivity index (χ4n) is 1.84. The van der Waals surface area contributed by atoms with Crippen molar-refractivity contribution in [3.8, 4) is 22.9 Å². The minimum atomic E-state index is -4.16. The number of nitro groups is 1. The van der Waals surface area contributed by atoms with Crippen LogP contribution in [0.3, 0.4) is 0 Å². The molecule has 0 heterocycles. The number of rotatable bonds is 4. The molecule has 112 valence electrons. The number of nitriles is 1. The Kier molecular flexibility index (Phi) is 4.07. The largest absolute Gasteiger partial charge is 0.380 e. The van der Waals surface area contributed by atoms with Crippen molar-refractivity contribution in [1.82, 2.24) is 0 Å². The molecule has 2 N–H and O–H groups in total. The average Bonchev–Trinajstić information content (AvgIpc) is 2.45. The molecule has 0 aliphatic carbocycles. The average molecular weight is 319 g/mol. The van der Waals surface area contributed by atoms with Crippen molar-refractivity contribution in [2.24, 2.45) is 5.14 Å². The maximum absolute atomic E-state index is 10.9. The zero-order valence-electron chi connectivity index (χ0n) is 11.0. The second-order valence-electron chi connectivity index (χ2n) is 4.20. The van der Waals surface area contributed by atoms with Crippen molar-refractivity contribution in [3.63, 3.8) is 0 Å². The molecule has 0 fully saturated rings. The van der Waals surface area contributed by atoms with E-state index in [0.29, 0.717) is 11.1 Å². The van der Waals surface area contributed by atoms with Gasteiger partial charge < -0.3 is 4.18 Å². The van der Waals surface area contributed by atoms with Crippen molar-refractivity contribution in [2.75, 3.05) is 0 Å². The fourth-order valence-corrected chi connectivity index (χ4v) is 2.21. The molecule has 2 aromatic rings. The van der Waals surface area contributed by atoms with Crippen LogP contribution in [0.15, 0.2) is 42.5 Å². The molecule has 0 spiro atoms. The van der Waals surface area contributed by atoms with Crippen molar-refractivity contribution < 1.29 is 17.5 Å².